The molecule has 2 atom stereocenters. The second-order valence-corrected chi connectivity index (χ2v) is 6.66. The number of ether oxygens (including phenoxy) is 1. The summed E-state index contributed by atoms with van der Waals surface area (Å²) in [4.78, 5) is 12.4. The van der Waals surface area contributed by atoms with Gasteiger partial charge in [0, 0.05) is 0 Å². The number of carbonyl (C=O) groups is 1. The van der Waals surface area contributed by atoms with Gasteiger partial charge in [0.1, 0.15) is 5.75 Å². The third kappa shape index (κ3) is 4.60. The maximum Gasteiger partial charge on any atom is 0.261 e. The normalized spacial score (nSPS) is 13.2. The molecule has 0 saturated carbocycles. The van der Waals surface area contributed by atoms with Gasteiger partial charge in [-0.2, -0.15) is 0 Å². The molecule has 0 spiro atoms. The molecule has 2 rings (SSSR count). The molecule has 2 aromatic carbocycles. The van der Waals surface area contributed by atoms with Crippen LogP contribution in [-0.4, -0.2) is 12.0 Å². The molecule has 1 N–H and O–H groups in total. The van der Waals surface area contributed by atoms with Crippen LogP contribution in [-0.2, 0) is 4.79 Å². The van der Waals surface area contributed by atoms with Crippen LogP contribution in [0.3, 0.4) is 0 Å². The van der Waals surface area contributed by atoms with E-state index in [1.54, 1.807) is 6.92 Å². The predicted molar refractivity (Wildman–Crippen MR) is 98.5 cm³/mol. The molecular formula is C21H27NO2. The van der Waals surface area contributed by atoms with Crippen LogP contribution in [0.4, 0.5) is 0 Å². The van der Waals surface area contributed by atoms with Gasteiger partial charge in [0.25, 0.3) is 5.91 Å². The minimum Gasteiger partial charge on any atom is -0.481 e. The Labute approximate surface area is 145 Å². The zero-order valence-electron chi connectivity index (χ0n) is 15.4. The van der Waals surface area contributed by atoms with Gasteiger partial charge in [-0.1, -0.05) is 24.3 Å². The van der Waals surface area contributed by atoms with Crippen molar-refractivity contribution >= 4 is 5.91 Å². The summed E-state index contributed by atoms with van der Waals surface area (Å²) in [6, 6.07) is 12.2. The highest BCUT2D eigenvalue weighted by molar-refractivity contribution is 5.81. The SMILES string of the molecule is Cc1cc(C)cc(O[C@H](C)C(=O)N[C@H](C)c2ccc(C)c(C)c2)c1. The summed E-state index contributed by atoms with van der Waals surface area (Å²) in [5.41, 5.74) is 5.84. The van der Waals surface area contributed by atoms with Crippen molar-refractivity contribution in [3.05, 3.63) is 64.2 Å². The molecule has 0 unspecified atom stereocenters. The summed E-state index contributed by atoms with van der Waals surface area (Å²) in [7, 11) is 0. The van der Waals surface area contributed by atoms with Gasteiger partial charge in [-0.15, -0.1) is 0 Å². The van der Waals surface area contributed by atoms with Gasteiger partial charge in [0.15, 0.2) is 6.10 Å². The van der Waals surface area contributed by atoms with Crippen LogP contribution in [0.15, 0.2) is 36.4 Å². The van der Waals surface area contributed by atoms with Crippen LogP contribution < -0.4 is 10.1 Å². The molecule has 2 aromatic rings. The van der Waals surface area contributed by atoms with Crippen molar-refractivity contribution in [2.75, 3.05) is 0 Å². The summed E-state index contributed by atoms with van der Waals surface area (Å²) in [5, 5.41) is 3.03. The fourth-order valence-electron chi connectivity index (χ4n) is 2.71. The summed E-state index contributed by atoms with van der Waals surface area (Å²) >= 11 is 0. The standard InChI is InChI=1S/C21H27NO2/c1-13-9-14(2)11-20(10-13)24-18(6)21(23)22-17(5)19-8-7-15(3)16(4)12-19/h7-12,17-18H,1-6H3,(H,22,23)/t17-,18-/m1/s1. The molecule has 1 amide bonds. The van der Waals surface area contributed by atoms with E-state index in [4.69, 9.17) is 4.74 Å². The highest BCUT2D eigenvalue weighted by atomic mass is 16.5. The van der Waals surface area contributed by atoms with Crippen molar-refractivity contribution in [2.24, 2.45) is 0 Å². The van der Waals surface area contributed by atoms with Crippen molar-refractivity contribution in [2.45, 2.75) is 53.7 Å². The predicted octanol–water partition coefficient (Wildman–Crippen LogP) is 4.56. The van der Waals surface area contributed by atoms with E-state index < -0.39 is 6.10 Å². The smallest absolute Gasteiger partial charge is 0.261 e. The molecule has 128 valence electrons. The number of nitrogens with one attached hydrogen (secondary N) is 1. The Bertz CT molecular complexity index is 716. The second kappa shape index (κ2) is 7.52. The zero-order valence-corrected chi connectivity index (χ0v) is 15.4. The lowest BCUT2D eigenvalue weighted by Crippen LogP contribution is -2.37. The molecule has 0 bridgehead atoms. The van der Waals surface area contributed by atoms with Crippen LogP contribution in [0, 0.1) is 27.7 Å². The fraction of sp³-hybridized carbons (Fsp3) is 0.381. The van der Waals surface area contributed by atoms with Crippen molar-refractivity contribution in [3.63, 3.8) is 0 Å². The third-order valence-corrected chi connectivity index (χ3v) is 4.27. The molecule has 0 radical (unpaired) electrons. The number of hydrogen-bond donors (Lipinski definition) is 1. The molecule has 0 heterocycles. The third-order valence-electron chi connectivity index (χ3n) is 4.27. The summed E-state index contributed by atoms with van der Waals surface area (Å²) in [5.74, 6) is 0.619. The first-order chi connectivity index (χ1) is 11.3. The van der Waals surface area contributed by atoms with Gasteiger partial charge < -0.3 is 10.1 Å². The molecule has 0 fully saturated rings. The number of amides is 1. The first-order valence-electron chi connectivity index (χ1n) is 8.38. The molecule has 3 nitrogen and oxygen atoms in total. The van der Waals surface area contributed by atoms with Crippen molar-refractivity contribution in [1.29, 1.82) is 0 Å². The maximum absolute atomic E-state index is 12.4. The Morgan fingerprint density at radius 1 is 0.917 bits per heavy atom. The Hall–Kier alpha value is -2.29. The molecule has 3 heteroatoms. The number of carbonyl (C=O) groups excluding carboxylic acids is 1. The minimum atomic E-state index is -0.541. The monoisotopic (exact) mass is 325 g/mol. The first kappa shape index (κ1) is 18.1. The number of aryl methyl sites for hydroxylation is 4. The number of rotatable bonds is 5. The second-order valence-electron chi connectivity index (χ2n) is 6.66. The van der Waals surface area contributed by atoms with Gasteiger partial charge in [-0.3, -0.25) is 4.79 Å². The average molecular weight is 325 g/mol. The van der Waals surface area contributed by atoms with E-state index >= 15 is 0 Å². The molecule has 0 saturated heterocycles. The molecule has 0 aromatic heterocycles. The van der Waals surface area contributed by atoms with Crippen LogP contribution in [0.5, 0.6) is 5.75 Å². The largest absolute Gasteiger partial charge is 0.481 e. The minimum absolute atomic E-state index is 0.0536. The Kier molecular flexibility index (Phi) is 5.66. The maximum atomic E-state index is 12.4. The van der Waals surface area contributed by atoms with Gasteiger partial charge in [-0.25, -0.2) is 0 Å². The lowest BCUT2D eigenvalue weighted by molar-refractivity contribution is -0.127. The molecule has 0 aliphatic rings. The van der Waals surface area contributed by atoms with Crippen LogP contribution in [0.25, 0.3) is 0 Å². The van der Waals surface area contributed by atoms with Crippen molar-refractivity contribution in [3.8, 4) is 5.75 Å². The number of benzene rings is 2. The molecule has 24 heavy (non-hydrogen) atoms. The van der Waals surface area contributed by atoms with Crippen LogP contribution in [0.1, 0.15) is 47.7 Å². The van der Waals surface area contributed by atoms with Gasteiger partial charge in [-0.05, 0) is 81.5 Å². The highest BCUT2D eigenvalue weighted by Gasteiger charge is 2.18. The average Bonchev–Trinajstić information content (AvgIpc) is 2.48. The molecular weight excluding hydrogens is 298 g/mol. The summed E-state index contributed by atoms with van der Waals surface area (Å²) < 4.78 is 5.81. The topological polar surface area (TPSA) is 38.3 Å². The zero-order chi connectivity index (χ0) is 17.9. The lowest BCUT2D eigenvalue weighted by atomic mass is 10.0. The Morgan fingerprint density at radius 2 is 1.54 bits per heavy atom. The van der Waals surface area contributed by atoms with Crippen LogP contribution in [0.2, 0.25) is 0 Å². The van der Waals surface area contributed by atoms with E-state index in [1.807, 2.05) is 32.9 Å². The quantitative estimate of drug-likeness (QED) is 0.875. The van der Waals surface area contributed by atoms with E-state index in [1.165, 1.54) is 11.1 Å². The van der Waals surface area contributed by atoms with Gasteiger partial charge in [0.2, 0.25) is 0 Å². The van der Waals surface area contributed by atoms with E-state index in [-0.39, 0.29) is 11.9 Å². The van der Waals surface area contributed by atoms with Gasteiger partial charge in [0.05, 0.1) is 6.04 Å². The number of hydrogen-bond acceptors (Lipinski definition) is 2. The summed E-state index contributed by atoms with van der Waals surface area (Å²) in [6.07, 6.45) is -0.541. The van der Waals surface area contributed by atoms with Crippen molar-refractivity contribution < 1.29 is 9.53 Å². The summed E-state index contributed by atoms with van der Waals surface area (Å²) in [6.45, 7) is 12.0. The van der Waals surface area contributed by atoms with E-state index in [9.17, 15) is 4.79 Å². The first-order valence-corrected chi connectivity index (χ1v) is 8.38. The highest BCUT2D eigenvalue weighted by Crippen LogP contribution is 2.19. The van der Waals surface area contributed by atoms with Crippen molar-refractivity contribution in [1.82, 2.24) is 5.32 Å². The van der Waals surface area contributed by atoms with Crippen LogP contribution >= 0.6 is 0 Å². The lowest BCUT2D eigenvalue weighted by Gasteiger charge is -2.20. The van der Waals surface area contributed by atoms with E-state index in [0.717, 1.165) is 22.4 Å². The van der Waals surface area contributed by atoms with Gasteiger partial charge >= 0.3 is 0 Å². The fourth-order valence-corrected chi connectivity index (χ4v) is 2.71. The Balaban J connectivity index is 2.01. The molecule has 0 aliphatic carbocycles. The van der Waals surface area contributed by atoms with E-state index in [2.05, 4.69) is 43.4 Å². The Morgan fingerprint density at radius 3 is 2.12 bits per heavy atom. The molecule has 0 aliphatic heterocycles. The van der Waals surface area contributed by atoms with E-state index in [0.29, 0.717) is 0 Å².